The maximum absolute atomic E-state index is 12.0. The van der Waals surface area contributed by atoms with Crippen molar-refractivity contribution in [2.45, 2.75) is 0 Å². The van der Waals surface area contributed by atoms with Crippen LogP contribution in [0.2, 0.25) is 0 Å². The van der Waals surface area contributed by atoms with Gasteiger partial charge < -0.3 is 14.5 Å². The topological polar surface area (TPSA) is 75.6 Å². The molecule has 0 saturated carbocycles. The van der Waals surface area contributed by atoms with E-state index in [0.29, 0.717) is 26.2 Å². The number of nitrogens with zero attached hydrogens (tertiary/aromatic N) is 4. The summed E-state index contributed by atoms with van der Waals surface area (Å²) in [5, 5.41) is 0.927. The van der Waals surface area contributed by atoms with Crippen molar-refractivity contribution in [1.82, 2.24) is 14.9 Å². The summed E-state index contributed by atoms with van der Waals surface area (Å²) < 4.78 is 4.47. The van der Waals surface area contributed by atoms with Crippen LogP contribution in [-0.2, 0) is 14.3 Å². The first-order valence-corrected chi connectivity index (χ1v) is 8.00. The fourth-order valence-electron chi connectivity index (χ4n) is 2.32. The molecule has 1 aliphatic rings. The molecule has 0 atom stereocenters. The molecule has 7 nitrogen and oxygen atoms in total. The molecule has 0 aromatic carbocycles. The second-order valence-electron chi connectivity index (χ2n) is 4.99. The molecule has 1 aliphatic heterocycles. The summed E-state index contributed by atoms with van der Waals surface area (Å²) in [5.74, 6) is -0.708. The molecule has 0 bridgehead atoms. The van der Waals surface area contributed by atoms with Crippen LogP contribution in [0, 0.1) is 0 Å². The second-order valence-corrected chi connectivity index (χ2v) is 5.95. The molecule has 1 amide bonds. The monoisotopic (exact) mass is 332 g/mol. The maximum Gasteiger partial charge on any atom is 0.330 e. The number of anilines is 1. The molecule has 0 unspecified atom stereocenters. The van der Waals surface area contributed by atoms with Crippen LogP contribution in [0.4, 0.5) is 5.13 Å². The Labute approximate surface area is 137 Å². The van der Waals surface area contributed by atoms with E-state index in [-0.39, 0.29) is 5.91 Å². The smallest absolute Gasteiger partial charge is 0.330 e. The fourth-order valence-corrected chi connectivity index (χ4v) is 3.28. The molecule has 2 aromatic rings. The zero-order valence-electron chi connectivity index (χ0n) is 12.6. The van der Waals surface area contributed by atoms with Crippen LogP contribution in [0.1, 0.15) is 0 Å². The highest BCUT2D eigenvalue weighted by Crippen LogP contribution is 2.27. The van der Waals surface area contributed by atoms with E-state index in [9.17, 15) is 9.59 Å². The summed E-state index contributed by atoms with van der Waals surface area (Å²) in [4.78, 5) is 36.7. The number of esters is 1. The van der Waals surface area contributed by atoms with E-state index in [1.54, 1.807) is 22.4 Å². The summed E-state index contributed by atoms with van der Waals surface area (Å²) in [7, 11) is 1.28. The number of thiazole rings is 1. The van der Waals surface area contributed by atoms with E-state index in [2.05, 4.69) is 19.6 Å². The predicted octanol–water partition coefficient (Wildman–Crippen LogP) is 1.07. The highest BCUT2D eigenvalue weighted by Gasteiger charge is 2.22. The number of methoxy groups -OCH3 is 1. The summed E-state index contributed by atoms with van der Waals surface area (Å²) >= 11 is 1.56. The number of piperazine rings is 1. The Morgan fingerprint density at radius 1 is 1.26 bits per heavy atom. The van der Waals surface area contributed by atoms with Crippen LogP contribution in [0.25, 0.3) is 10.3 Å². The number of carbonyl (C=O) groups excluding carboxylic acids is 2. The third kappa shape index (κ3) is 3.48. The van der Waals surface area contributed by atoms with Gasteiger partial charge in [-0.25, -0.2) is 14.8 Å². The van der Waals surface area contributed by atoms with Gasteiger partial charge in [-0.15, -0.1) is 0 Å². The molecule has 3 heterocycles. The van der Waals surface area contributed by atoms with Crippen LogP contribution in [0.3, 0.4) is 0 Å². The largest absolute Gasteiger partial charge is 0.466 e. The van der Waals surface area contributed by atoms with Gasteiger partial charge in [0.1, 0.15) is 10.3 Å². The van der Waals surface area contributed by atoms with Crippen LogP contribution < -0.4 is 4.90 Å². The molecule has 2 aromatic heterocycles. The SMILES string of the molecule is COC(=O)/C=C/C(=O)N1CCN(c2nc3cccnc3s2)CC1. The lowest BCUT2D eigenvalue weighted by molar-refractivity contribution is -0.135. The van der Waals surface area contributed by atoms with E-state index < -0.39 is 5.97 Å². The Hall–Kier alpha value is -2.48. The zero-order chi connectivity index (χ0) is 16.2. The van der Waals surface area contributed by atoms with Crippen molar-refractivity contribution in [3.05, 3.63) is 30.5 Å². The third-order valence-corrected chi connectivity index (χ3v) is 4.62. The molecule has 1 fully saturated rings. The average molecular weight is 332 g/mol. The van der Waals surface area contributed by atoms with Crippen molar-refractivity contribution in [3.8, 4) is 0 Å². The molecule has 0 spiro atoms. The first-order chi connectivity index (χ1) is 11.2. The van der Waals surface area contributed by atoms with Crippen molar-refractivity contribution in [2.75, 3.05) is 38.2 Å². The van der Waals surface area contributed by atoms with Crippen LogP contribution in [0.15, 0.2) is 30.5 Å². The number of pyridine rings is 1. The van der Waals surface area contributed by atoms with Crippen molar-refractivity contribution >= 4 is 38.7 Å². The van der Waals surface area contributed by atoms with Crippen molar-refractivity contribution in [1.29, 1.82) is 0 Å². The van der Waals surface area contributed by atoms with E-state index in [4.69, 9.17) is 0 Å². The second kappa shape index (κ2) is 6.74. The number of rotatable bonds is 3. The highest BCUT2D eigenvalue weighted by molar-refractivity contribution is 7.21. The van der Waals surface area contributed by atoms with Crippen molar-refractivity contribution in [3.63, 3.8) is 0 Å². The number of hydrogen-bond acceptors (Lipinski definition) is 7. The first kappa shape index (κ1) is 15.4. The Balaban J connectivity index is 1.60. The van der Waals surface area contributed by atoms with Gasteiger partial charge in [-0.2, -0.15) is 0 Å². The number of amides is 1. The number of fused-ring (bicyclic) bond motifs is 1. The maximum atomic E-state index is 12.0. The lowest BCUT2D eigenvalue weighted by atomic mass is 10.3. The van der Waals surface area contributed by atoms with Gasteiger partial charge in [-0.05, 0) is 12.1 Å². The quantitative estimate of drug-likeness (QED) is 0.618. The van der Waals surface area contributed by atoms with Gasteiger partial charge in [0.15, 0.2) is 5.13 Å². The highest BCUT2D eigenvalue weighted by atomic mass is 32.1. The lowest BCUT2D eigenvalue weighted by Gasteiger charge is -2.33. The van der Waals surface area contributed by atoms with Gasteiger partial charge in [-0.3, -0.25) is 4.79 Å². The van der Waals surface area contributed by atoms with Crippen molar-refractivity contribution < 1.29 is 14.3 Å². The first-order valence-electron chi connectivity index (χ1n) is 7.19. The Morgan fingerprint density at radius 3 is 2.74 bits per heavy atom. The predicted molar refractivity (Wildman–Crippen MR) is 87.4 cm³/mol. The molecule has 0 N–H and O–H groups in total. The number of aromatic nitrogens is 2. The number of ether oxygens (including phenoxy) is 1. The van der Waals surface area contributed by atoms with Crippen LogP contribution in [0.5, 0.6) is 0 Å². The molecule has 0 aliphatic carbocycles. The van der Waals surface area contributed by atoms with E-state index in [1.165, 1.54) is 13.2 Å². The molecule has 3 rings (SSSR count). The summed E-state index contributed by atoms with van der Waals surface area (Å²) in [6.07, 6.45) is 4.16. The van der Waals surface area contributed by atoms with Gasteiger partial charge in [-0.1, -0.05) is 11.3 Å². The molecule has 1 saturated heterocycles. The third-order valence-electron chi connectivity index (χ3n) is 3.58. The Morgan fingerprint density at radius 2 is 2.04 bits per heavy atom. The summed E-state index contributed by atoms with van der Waals surface area (Å²) in [5.41, 5.74) is 0.895. The van der Waals surface area contributed by atoms with Gasteiger partial charge in [0.2, 0.25) is 5.91 Å². The van der Waals surface area contributed by atoms with E-state index >= 15 is 0 Å². The molecule has 120 valence electrons. The van der Waals surface area contributed by atoms with Gasteiger partial charge in [0.05, 0.1) is 7.11 Å². The minimum atomic E-state index is -0.529. The van der Waals surface area contributed by atoms with Crippen molar-refractivity contribution in [2.24, 2.45) is 0 Å². The minimum Gasteiger partial charge on any atom is -0.466 e. The fraction of sp³-hybridized carbons (Fsp3) is 0.333. The van der Waals surface area contributed by atoms with Gasteiger partial charge in [0.25, 0.3) is 0 Å². The lowest BCUT2D eigenvalue weighted by Crippen LogP contribution is -2.48. The number of carbonyl (C=O) groups is 2. The van der Waals surface area contributed by atoms with E-state index in [0.717, 1.165) is 21.6 Å². The normalized spacial score (nSPS) is 15.3. The van der Waals surface area contributed by atoms with E-state index in [1.807, 2.05) is 12.1 Å². The molecule has 23 heavy (non-hydrogen) atoms. The summed E-state index contributed by atoms with van der Waals surface area (Å²) in [6, 6.07) is 3.82. The average Bonchev–Trinajstić information content (AvgIpc) is 3.03. The number of hydrogen-bond donors (Lipinski definition) is 0. The summed E-state index contributed by atoms with van der Waals surface area (Å²) in [6.45, 7) is 2.59. The zero-order valence-corrected chi connectivity index (χ0v) is 13.5. The Kier molecular flexibility index (Phi) is 4.52. The molecular formula is C15H16N4O3S. The molecule has 0 radical (unpaired) electrons. The molecular weight excluding hydrogens is 316 g/mol. The minimum absolute atomic E-state index is 0.180. The van der Waals surface area contributed by atoms with Gasteiger partial charge in [0, 0.05) is 44.5 Å². The van der Waals surface area contributed by atoms with Gasteiger partial charge >= 0.3 is 5.97 Å². The van der Waals surface area contributed by atoms with Crippen LogP contribution in [-0.4, -0.2) is 60.0 Å². The van der Waals surface area contributed by atoms with Crippen LogP contribution >= 0.6 is 11.3 Å². The standard InChI is InChI=1S/C15H16N4O3S/c1-22-13(21)5-4-12(20)18-7-9-19(10-8-18)15-17-11-3-2-6-16-14(11)23-15/h2-6H,7-10H2,1H3/b5-4+. The Bertz CT molecular complexity index is 717. The molecule has 8 heteroatoms.